The lowest BCUT2D eigenvalue weighted by Crippen LogP contribution is -2.47. The number of amides is 1. The summed E-state index contributed by atoms with van der Waals surface area (Å²) in [5.41, 5.74) is 7.29. The highest BCUT2D eigenvalue weighted by Crippen LogP contribution is 2.42. The highest BCUT2D eigenvalue weighted by Gasteiger charge is 2.51. The number of primary amides is 1. The van der Waals surface area contributed by atoms with Crippen LogP contribution in [0.3, 0.4) is 0 Å². The smallest absolute Gasteiger partial charge is 0.231 e. The lowest BCUT2D eigenvalue weighted by molar-refractivity contribution is -0.127. The van der Waals surface area contributed by atoms with Crippen LogP contribution in [0.5, 0.6) is 0 Å². The zero-order valence-corrected chi connectivity index (χ0v) is 16.2. The number of hydrogen-bond donors (Lipinski definition) is 3. The van der Waals surface area contributed by atoms with Gasteiger partial charge in [-0.1, -0.05) is 18.2 Å². The number of rotatable bonds is 6. The zero-order chi connectivity index (χ0) is 21.0. The number of nitriles is 1. The molecule has 2 aromatic carbocycles. The van der Waals surface area contributed by atoms with Gasteiger partial charge in [0, 0.05) is 18.7 Å². The summed E-state index contributed by atoms with van der Waals surface area (Å²) >= 11 is 0. The molecule has 0 bridgehead atoms. The first-order chi connectivity index (χ1) is 13.9. The molecule has 6 nitrogen and oxygen atoms in total. The Morgan fingerprint density at radius 1 is 1.38 bits per heavy atom. The van der Waals surface area contributed by atoms with Crippen molar-refractivity contribution in [2.45, 2.75) is 37.7 Å². The number of aliphatic hydroxyl groups is 1. The molecule has 1 aliphatic rings. The number of nitrogens with one attached hydrogen (secondary N) is 1. The van der Waals surface area contributed by atoms with E-state index in [0.29, 0.717) is 30.1 Å². The molecular formula is C22H23FN4O2. The Morgan fingerprint density at radius 3 is 2.76 bits per heavy atom. The summed E-state index contributed by atoms with van der Waals surface area (Å²) in [6.45, 7) is 2.36. The van der Waals surface area contributed by atoms with E-state index in [0.717, 1.165) is 11.1 Å². The van der Waals surface area contributed by atoms with E-state index in [4.69, 9.17) is 5.73 Å². The van der Waals surface area contributed by atoms with E-state index < -0.39 is 17.4 Å². The topological polar surface area (TPSA) is 112 Å². The van der Waals surface area contributed by atoms with Crippen molar-refractivity contribution in [3.63, 3.8) is 0 Å². The molecule has 1 aliphatic carbocycles. The van der Waals surface area contributed by atoms with Crippen molar-refractivity contribution in [2.24, 2.45) is 10.7 Å². The molecule has 2 unspecified atom stereocenters. The molecule has 1 amide bonds. The number of amidine groups is 1. The summed E-state index contributed by atoms with van der Waals surface area (Å²) in [5, 5.41) is 22.8. The first-order valence-electron chi connectivity index (χ1n) is 9.37. The summed E-state index contributed by atoms with van der Waals surface area (Å²) < 4.78 is 13.0. The number of anilines is 1. The molecule has 2 atom stereocenters. The van der Waals surface area contributed by atoms with Crippen LogP contribution in [0.25, 0.3) is 0 Å². The van der Waals surface area contributed by atoms with Gasteiger partial charge >= 0.3 is 0 Å². The van der Waals surface area contributed by atoms with Crippen LogP contribution in [0.15, 0.2) is 47.5 Å². The fourth-order valence-corrected chi connectivity index (χ4v) is 3.78. The standard InChI is InChI=1S/C22H23FN4O2/c1-14(26-11-8-15-2-5-17(23)6-3-15)27-18-7-4-16-12-20(28)22(9-10-24,21(25)29)19(16)13-18/h2-7,13,20,28H,8-9,11-12H2,1H3,(H2,25,29)(H,26,27). The SMILES string of the molecule is CC(=NCCc1ccc(F)cc1)Nc1ccc2c(c1)C(CC#N)(C(N)=O)C(O)C2. The lowest BCUT2D eigenvalue weighted by Gasteiger charge is -2.28. The first kappa shape index (κ1) is 20.5. The largest absolute Gasteiger partial charge is 0.391 e. The number of benzene rings is 2. The third kappa shape index (κ3) is 4.13. The Hall–Kier alpha value is -3.24. The molecule has 0 aliphatic heterocycles. The minimum absolute atomic E-state index is 0.176. The van der Waals surface area contributed by atoms with Crippen molar-refractivity contribution in [1.82, 2.24) is 0 Å². The molecule has 0 saturated carbocycles. The maximum Gasteiger partial charge on any atom is 0.231 e. The molecule has 0 heterocycles. The van der Waals surface area contributed by atoms with Crippen LogP contribution in [-0.2, 0) is 23.1 Å². The molecule has 0 fully saturated rings. The van der Waals surface area contributed by atoms with Gasteiger partial charge in [-0.25, -0.2) is 4.39 Å². The van der Waals surface area contributed by atoms with E-state index in [2.05, 4.69) is 10.3 Å². The van der Waals surface area contributed by atoms with Gasteiger partial charge in [-0.2, -0.15) is 5.26 Å². The number of aliphatic hydroxyl groups excluding tert-OH is 1. The number of carbonyl (C=O) groups is 1. The number of nitrogens with two attached hydrogens (primary N) is 1. The van der Waals surface area contributed by atoms with Gasteiger partial charge in [0.2, 0.25) is 5.91 Å². The fraction of sp³-hybridized carbons (Fsp3) is 0.318. The molecule has 0 saturated heterocycles. The number of halogens is 1. The second kappa shape index (κ2) is 8.41. The van der Waals surface area contributed by atoms with Gasteiger partial charge in [0.25, 0.3) is 0 Å². The van der Waals surface area contributed by atoms with Crippen molar-refractivity contribution in [3.05, 3.63) is 65.0 Å². The van der Waals surface area contributed by atoms with E-state index in [9.17, 15) is 19.6 Å². The van der Waals surface area contributed by atoms with Crippen LogP contribution in [0.4, 0.5) is 10.1 Å². The van der Waals surface area contributed by atoms with Gasteiger partial charge in [0.05, 0.1) is 24.4 Å². The number of hydrogen-bond acceptors (Lipinski definition) is 4. The summed E-state index contributed by atoms with van der Waals surface area (Å²) in [7, 11) is 0. The third-order valence-corrected chi connectivity index (χ3v) is 5.36. The first-order valence-corrected chi connectivity index (χ1v) is 9.37. The molecule has 0 aromatic heterocycles. The summed E-state index contributed by atoms with van der Waals surface area (Å²) in [6.07, 6.45) is -0.228. The summed E-state index contributed by atoms with van der Waals surface area (Å²) in [5.74, 6) is -0.289. The van der Waals surface area contributed by atoms with Gasteiger partial charge in [-0.15, -0.1) is 0 Å². The van der Waals surface area contributed by atoms with Crippen molar-refractivity contribution >= 4 is 17.4 Å². The van der Waals surface area contributed by atoms with Crippen molar-refractivity contribution in [1.29, 1.82) is 5.26 Å². The van der Waals surface area contributed by atoms with Crippen molar-refractivity contribution < 1.29 is 14.3 Å². The predicted octanol–water partition coefficient (Wildman–Crippen LogP) is 2.45. The highest BCUT2D eigenvalue weighted by molar-refractivity contribution is 5.95. The van der Waals surface area contributed by atoms with Crippen LogP contribution in [-0.4, -0.2) is 29.5 Å². The van der Waals surface area contributed by atoms with Gasteiger partial charge < -0.3 is 16.2 Å². The van der Waals surface area contributed by atoms with Crippen LogP contribution in [0.2, 0.25) is 0 Å². The minimum atomic E-state index is -1.39. The highest BCUT2D eigenvalue weighted by atomic mass is 19.1. The normalized spacial score (nSPS) is 20.8. The van der Waals surface area contributed by atoms with Gasteiger partial charge in [-0.3, -0.25) is 9.79 Å². The number of carbonyl (C=O) groups excluding carboxylic acids is 1. The Kier molecular flexibility index (Phi) is 5.95. The van der Waals surface area contributed by atoms with Crippen LogP contribution < -0.4 is 11.1 Å². The maximum atomic E-state index is 13.0. The summed E-state index contributed by atoms with van der Waals surface area (Å²) in [6, 6.07) is 13.7. The zero-order valence-electron chi connectivity index (χ0n) is 16.2. The second-order valence-corrected chi connectivity index (χ2v) is 7.23. The van der Waals surface area contributed by atoms with E-state index >= 15 is 0 Å². The Balaban J connectivity index is 1.74. The third-order valence-electron chi connectivity index (χ3n) is 5.36. The van der Waals surface area contributed by atoms with E-state index in [1.54, 1.807) is 18.2 Å². The molecule has 3 rings (SSSR count). The minimum Gasteiger partial charge on any atom is -0.391 e. The van der Waals surface area contributed by atoms with Gasteiger partial charge in [-0.05, 0) is 54.3 Å². The summed E-state index contributed by atoms with van der Waals surface area (Å²) in [4.78, 5) is 16.6. The molecule has 0 radical (unpaired) electrons. The second-order valence-electron chi connectivity index (χ2n) is 7.23. The average molecular weight is 394 g/mol. The van der Waals surface area contributed by atoms with Crippen LogP contribution >= 0.6 is 0 Å². The Bertz CT molecular complexity index is 981. The van der Waals surface area contributed by atoms with Crippen molar-refractivity contribution in [2.75, 3.05) is 11.9 Å². The lowest BCUT2D eigenvalue weighted by atomic mass is 9.76. The predicted molar refractivity (Wildman–Crippen MR) is 109 cm³/mol. The van der Waals surface area contributed by atoms with Crippen LogP contribution in [0.1, 0.15) is 30.0 Å². The molecule has 2 aromatic rings. The Labute approximate surface area is 168 Å². The van der Waals surface area contributed by atoms with Gasteiger partial charge in [0.15, 0.2) is 0 Å². The molecule has 7 heteroatoms. The Morgan fingerprint density at radius 2 is 2.10 bits per heavy atom. The molecule has 29 heavy (non-hydrogen) atoms. The maximum absolute atomic E-state index is 13.0. The van der Waals surface area contributed by atoms with Crippen LogP contribution in [0, 0.1) is 17.1 Å². The van der Waals surface area contributed by atoms with E-state index in [1.807, 2.05) is 25.1 Å². The molecule has 0 spiro atoms. The number of nitrogens with zero attached hydrogens (tertiary/aromatic N) is 2. The number of fused-ring (bicyclic) bond motifs is 1. The monoisotopic (exact) mass is 394 g/mol. The fourth-order valence-electron chi connectivity index (χ4n) is 3.78. The number of aliphatic imine (C=N–C) groups is 1. The molecule has 4 N–H and O–H groups in total. The quantitative estimate of drug-likeness (QED) is 0.516. The van der Waals surface area contributed by atoms with E-state index in [-0.39, 0.29) is 18.7 Å². The van der Waals surface area contributed by atoms with Gasteiger partial charge in [0.1, 0.15) is 11.2 Å². The average Bonchev–Trinajstić information content (AvgIpc) is 2.96. The molecular weight excluding hydrogens is 371 g/mol. The van der Waals surface area contributed by atoms with Crippen molar-refractivity contribution in [3.8, 4) is 6.07 Å². The van der Waals surface area contributed by atoms with E-state index in [1.165, 1.54) is 12.1 Å². The molecule has 150 valence electrons.